The molecule has 0 radical (unpaired) electrons. The normalized spacial score (nSPS) is 14.3. The van der Waals surface area contributed by atoms with Gasteiger partial charge in [0.05, 0.1) is 7.11 Å². The van der Waals surface area contributed by atoms with E-state index in [1.165, 1.54) is 0 Å². The number of hydrogen-bond donors (Lipinski definition) is 2. The second kappa shape index (κ2) is 8.44. The largest absolute Gasteiger partial charge is 0.497 e. The molecule has 0 unspecified atom stereocenters. The van der Waals surface area contributed by atoms with Crippen molar-refractivity contribution < 1.29 is 14.3 Å². The maximum absolute atomic E-state index is 12.5. The van der Waals surface area contributed by atoms with Crippen molar-refractivity contribution in [2.24, 2.45) is 5.41 Å². The van der Waals surface area contributed by atoms with E-state index in [1.54, 1.807) is 19.2 Å². The van der Waals surface area contributed by atoms with Crippen LogP contribution >= 0.6 is 11.6 Å². The number of rotatable bonds is 8. The minimum Gasteiger partial charge on any atom is -0.497 e. The van der Waals surface area contributed by atoms with Gasteiger partial charge in [0.1, 0.15) is 11.2 Å². The van der Waals surface area contributed by atoms with Gasteiger partial charge in [-0.05, 0) is 54.7 Å². The van der Waals surface area contributed by atoms with E-state index in [9.17, 15) is 9.59 Å². The minimum absolute atomic E-state index is 0.195. The molecule has 2 N–H and O–H groups in total. The number of hydrogen-bond acceptors (Lipinski definition) is 3. The Bertz CT molecular complexity index is 816. The van der Waals surface area contributed by atoms with Gasteiger partial charge in [-0.2, -0.15) is 0 Å². The highest BCUT2D eigenvalue weighted by atomic mass is 35.5. The van der Waals surface area contributed by atoms with Crippen LogP contribution in [0.1, 0.15) is 24.0 Å². The van der Waals surface area contributed by atoms with Crippen molar-refractivity contribution in [1.29, 1.82) is 0 Å². The summed E-state index contributed by atoms with van der Waals surface area (Å²) in [4.78, 5) is 25.0. The van der Waals surface area contributed by atoms with Crippen LogP contribution in [0.3, 0.4) is 0 Å². The molecule has 0 saturated heterocycles. The quantitative estimate of drug-likeness (QED) is 0.685. The number of nitrogens with one attached hydrogen (secondary N) is 2. The van der Waals surface area contributed by atoms with Crippen molar-refractivity contribution in [3.8, 4) is 5.75 Å². The van der Waals surface area contributed by atoms with E-state index >= 15 is 0 Å². The molecule has 1 saturated carbocycles. The lowest BCUT2D eigenvalue weighted by Gasteiger charge is -2.15. The first-order valence-corrected chi connectivity index (χ1v) is 9.35. The van der Waals surface area contributed by atoms with Gasteiger partial charge in [0, 0.05) is 18.1 Å². The average Bonchev–Trinajstić information content (AvgIpc) is 3.49. The Morgan fingerprint density at radius 2 is 1.74 bits per heavy atom. The lowest BCUT2D eigenvalue weighted by atomic mass is 10.0. The zero-order chi connectivity index (χ0) is 19.3. The second-order valence-corrected chi connectivity index (χ2v) is 7.19. The highest BCUT2D eigenvalue weighted by molar-refractivity contribution is 6.30. The zero-order valence-corrected chi connectivity index (χ0v) is 16.0. The molecule has 0 aromatic heterocycles. The summed E-state index contributed by atoms with van der Waals surface area (Å²) in [5.41, 5.74) is 1.11. The molecule has 27 heavy (non-hydrogen) atoms. The summed E-state index contributed by atoms with van der Waals surface area (Å²) in [7, 11) is 1.63. The summed E-state index contributed by atoms with van der Waals surface area (Å²) in [5.74, 6) is 0.384. The molecule has 6 heteroatoms. The van der Waals surface area contributed by atoms with E-state index in [-0.39, 0.29) is 11.8 Å². The van der Waals surface area contributed by atoms with E-state index in [2.05, 4.69) is 10.6 Å². The molecule has 2 aromatic rings. The monoisotopic (exact) mass is 386 g/mol. The topological polar surface area (TPSA) is 67.4 Å². The molecule has 0 bridgehead atoms. The van der Waals surface area contributed by atoms with Crippen LogP contribution in [0, 0.1) is 5.41 Å². The number of carbonyl (C=O) groups is 2. The van der Waals surface area contributed by atoms with Gasteiger partial charge in [-0.1, -0.05) is 35.9 Å². The van der Waals surface area contributed by atoms with Crippen molar-refractivity contribution in [3.05, 3.63) is 64.7 Å². The Morgan fingerprint density at radius 3 is 2.41 bits per heavy atom. The van der Waals surface area contributed by atoms with Crippen LogP contribution in [0.15, 0.2) is 48.5 Å². The Balaban J connectivity index is 1.48. The molecule has 0 heterocycles. The fraction of sp³-hybridized carbons (Fsp3) is 0.333. The summed E-state index contributed by atoms with van der Waals surface area (Å²) < 4.78 is 5.20. The number of halogens is 1. The molecule has 2 aromatic carbocycles. The van der Waals surface area contributed by atoms with Crippen LogP contribution < -0.4 is 15.4 Å². The first-order valence-electron chi connectivity index (χ1n) is 8.97. The first kappa shape index (κ1) is 19.2. The van der Waals surface area contributed by atoms with Gasteiger partial charge in [0.15, 0.2) is 0 Å². The third-order valence-corrected chi connectivity index (χ3v) is 5.07. The maximum atomic E-state index is 12.5. The van der Waals surface area contributed by atoms with Crippen molar-refractivity contribution in [3.63, 3.8) is 0 Å². The van der Waals surface area contributed by atoms with Gasteiger partial charge in [0.25, 0.3) is 0 Å². The molecule has 5 nitrogen and oxygen atoms in total. The maximum Gasteiger partial charge on any atom is 0.235 e. The van der Waals surface area contributed by atoms with Gasteiger partial charge < -0.3 is 15.4 Å². The lowest BCUT2D eigenvalue weighted by molar-refractivity contribution is -0.137. The van der Waals surface area contributed by atoms with E-state index in [1.807, 2.05) is 36.4 Å². The van der Waals surface area contributed by atoms with Crippen molar-refractivity contribution >= 4 is 23.4 Å². The highest BCUT2D eigenvalue weighted by Crippen LogP contribution is 2.46. The Hall–Kier alpha value is -2.53. The van der Waals surface area contributed by atoms with Crippen LogP contribution in [-0.2, 0) is 22.6 Å². The van der Waals surface area contributed by atoms with Crippen LogP contribution in [0.4, 0.5) is 0 Å². The van der Waals surface area contributed by atoms with Gasteiger partial charge >= 0.3 is 0 Å². The average molecular weight is 387 g/mol. The zero-order valence-electron chi connectivity index (χ0n) is 15.3. The molecule has 0 aliphatic heterocycles. The Labute approximate surface area is 164 Å². The molecule has 142 valence electrons. The van der Waals surface area contributed by atoms with Gasteiger partial charge in [-0.3, -0.25) is 9.59 Å². The summed E-state index contributed by atoms with van der Waals surface area (Å²) in [6.07, 6.45) is 1.86. The number of carbonyl (C=O) groups excluding carboxylic acids is 2. The predicted octanol–water partition coefficient (Wildman–Crippen LogP) is 3.10. The summed E-state index contributed by atoms with van der Waals surface area (Å²) in [6.45, 7) is 0.868. The van der Waals surface area contributed by atoms with Crippen molar-refractivity contribution in [2.75, 3.05) is 13.7 Å². The smallest absolute Gasteiger partial charge is 0.235 e. The van der Waals surface area contributed by atoms with Crippen molar-refractivity contribution in [2.45, 2.75) is 25.8 Å². The molecule has 1 aliphatic rings. The molecule has 0 atom stereocenters. The molecule has 3 rings (SSSR count). The minimum atomic E-state index is -0.916. The van der Waals surface area contributed by atoms with Crippen LogP contribution in [0.25, 0.3) is 0 Å². The molecule has 1 fully saturated rings. The number of benzene rings is 2. The standard InChI is InChI=1S/C21H23ClN2O3/c1-27-18-4-2-3-15(13-18)9-12-23-19(25)21(10-11-21)20(26)24-14-16-5-7-17(22)8-6-16/h2-8,13H,9-12,14H2,1H3,(H,23,25)(H,24,26). The summed E-state index contributed by atoms with van der Waals surface area (Å²) in [5, 5.41) is 6.42. The molecule has 0 spiro atoms. The summed E-state index contributed by atoms with van der Waals surface area (Å²) in [6, 6.07) is 15.0. The third-order valence-electron chi connectivity index (χ3n) is 4.82. The number of methoxy groups -OCH3 is 1. The van der Waals surface area contributed by atoms with Crippen molar-refractivity contribution in [1.82, 2.24) is 10.6 Å². The summed E-state index contributed by atoms with van der Waals surface area (Å²) >= 11 is 5.86. The van der Waals surface area contributed by atoms with E-state index in [4.69, 9.17) is 16.3 Å². The van der Waals surface area contributed by atoms with E-state index < -0.39 is 5.41 Å². The highest BCUT2D eigenvalue weighted by Gasteiger charge is 2.56. The Kier molecular flexibility index (Phi) is 6.01. The third kappa shape index (κ3) is 4.80. The van der Waals surface area contributed by atoms with E-state index in [0.29, 0.717) is 37.4 Å². The van der Waals surface area contributed by atoms with Crippen LogP contribution in [0.2, 0.25) is 5.02 Å². The molecule has 2 amide bonds. The fourth-order valence-corrected chi connectivity index (χ4v) is 3.08. The lowest BCUT2D eigenvalue weighted by Crippen LogP contribution is -2.43. The molecular weight excluding hydrogens is 364 g/mol. The van der Waals surface area contributed by atoms with E-state index in [0.717, 1.165) is 16.9 Å². The molecular formula is C21H23ClN2O3. The number of ether oxygens (including phenoxy) is 1. The first-order chi connectivity index (χ1) is 13.0. The Morgan fingerprint density at radius 1 is 1.04 bits per heavy atom. The predicted molar refractivity (Wildman–Crippen MR) is 105 cm³/mol. The molecule has 1 aliphatic carbocycles. The van der Waals surface area contributed by atoms with Gasteiger partial charge in [-0.15, -0.1) is 0 Å². The van der Waals surface area contributed by atoms with Gasteiger partial charge in [-0.25, -0.2) is 0 Å². The van der Waals surface area contributed by atoms with Crippen LogP contribution in [-0.4, -0.2) is 25.5 Å². The second-order valence-electron chi connectivity index (χ2n) is 6.75. The van der Waals surface area contributed by atoms with Crippen LogP contribution in [0.5, 0.6) is 5.75 Å². The fourth-order valence-electron chi connectivity index (χ4n) is 2.95. The number of amides is 2. The SMILES string of the molecule is COc1cccc(CCNC(=O)C2(C(=O)NCc3ccc(Cl)cc3)CC2)c1. The van der Waals surface area contributed by atoms with Gasteiger partial charge in [0.2, 0.25) is 11.8 Å².